The number of carboxylic acids is 1. The highest BCUT2D eigenvalue weighted by Crippen LogP contribution is 2.31. The van der Waals surface area contributed by atoms with Crippen LogP contribution in [0.25, 0.3) is 0 Å². The molecule has 1 fully saturated rings. The van der Waals surface area contributed by atoms with Gasteiger partial charge in [-0.2, -0.15) is 11.8 Å². The summed E-state index contributed by atoms with van der Waals surface area (Å²) in [6.45, 7) is 5.85. The van der Waals surface area contributed by atoms with Crippen molar-refractivity contribution in [1.82, 2.24) is 4.90 Å². The standard InChI is InChI=1S/C13H17NO3S2/c1-13(2)5-6-14(7-8-18-13)11(15)9-3-4-10(19-9)12(16)17/h3-4H,5-8H2,1-2H3,(H,16,17). The van der Waals surface area contributed by atoms with Crippen LogP contribution in [0.4, 0.5) is 0 Å². The second-order valence-electron chi connectivity index (χ2n) is 5.12. The van der Waals surface area contributed by atoms with Gasteiger partial charge in [-0.15, -0.1) is 11.3 Å². The van der Waals surface area contributed by atoms with Crippen molar-refractivity contribution in [2.24, 2.45) is 0 Å². The van der Waals surface area contributed by atoms with Gasteiger partial charge >= 0.3 is 5.97 Å². The van der Waals surface area contributed by atoms with E-state index in [4.69, 9.17) is 5.11 Å². The number of carboxylic acid groups (broad SMARTS) is 1. The van der Waals surface area contributed by atoms with E-state index in [1.54, 1.807) is 6.07 Å². The van der Waals surface area contributed by atoms with Crippen molar-refractivity contribution >= 4 is 35.0 Å². The van der Waals surface area contributed by atoms with Gasteiger partial charge in [0, 0.05) is 23.6 Å². The molecule has 0 unspecified atom stereocenters. The van der Waals surface area contributed by atoms with Gasteiger partial charge in [-0.05, 0) is 18.6 Å². The Morgan fingerprint density at radius 2 is 1.95 bits per heavy atom. The molecular formula is C13H17NO3S2. The smallest absolute Gasteiger partial charge is 0.345 e. The van der Waals surface area contributed by atoms with Crippen molar-refractivity contribution in [2.75, 3.05) is 18.8 Å². The second kappa shape index (κ2) is 5.54. The number of amides is 1. The SMILES string of the molecule is CC1(C)CCN(C(=O)c2ccc(C(=O)O)s2)CCS1. The van der Waals surface area contributed by atoms with Crippen molar-refractivity contribution in [3.8, 4) is 0 Å². The lowest BCUT2D eigenvalue weighted by Crippen LogP contribution is -2.33. The second-order valence-corrected chi connectivity index (χ2v) is 8.01. The molecule has 0 saturated carbocycles. The van der Waals surface area contributed by atoms with Gasteiger partial charge in [0.2, 0.25) is 0 Å². The zero-order chi connectivity index (χ0) is 14.0. The Bertz CT molecular complexity index is 496. The van der Waals surface area contributed by atoms with Crippen LogP contribution in [0.2, 0.25) is 0 Å². The Kier molecular flexibility index (Phi) is 4.20. The first-order chi connectivity index (χ1) is 8.89. The molecule has 0 spiro atoms. The van der Waals surface area contributed by atoms with Gasteiger partial charge in [-0.1, -0.05) is 13.8 Å². The molecule has 2 heterocycles. The molecule has 0 aliphatic carbocycles. The number of aromatic carboxylic acids is 1. The minimum Gasteiger partial charge on any atom is -0.477 e. The number of carbonyl (C=O) groups is 2. The zero-order valence-corrected chi connectivity index (χ0v) is 12.6. The van der Waals surface area contributed by atoms with Crippen LogP contribution in [-0.2, 0) is 0 Å². The highest BCUT2D eigenvalue weighted by Gasteiger charge is 2.27. The number of hydrogen-bond donors (Lipinski definition) is 1. The lowest BCUT2D eigenvalue weighted by atomic mass is 10.1. The molecule has 1 saturated heterocycles. The van der Waals surface area contributed by atoms with Crippen molar-refractivity contribution in [3.63, 3.8) is 0 Å². The van der Waals surface area contributed by atoms with Gasteiger partial charge in [0.15, 0.2) is 0 Å². The van der Waals surface area contributed by atoms with Gasteiger partial charge in [-0.25, -0.2) is 4.79 Å². The fraction of sp³-hybridized carbons (Fsp3) is 0.538. The summed E-state index contributed by atoms with van der Waals surface area (Å²) in [5.74, 6) is -0.0944. The molecule has 0 atom stereocenters. The summed E-state index contributed by atoms with van der Waals surface area (Å²) in [6, 6.07) is 3.11. The quantitative estimate of drug-likeness (QED) is 0.912. The summed E-state index contributed by atoms with van der Waals surface area (Å²) in [5, 5.41) is 8.89. The van der Waals surface area contributed by atoms with E-state index in [2.05, 4.69) is 13.8 Å². The van der Waals surface area contributed by atoms with Crippen LogP contribution < -0.4 is 0 Å². The Morgan fingerprint density at radius 3 is 2.58 bits per heavy atom. The van der Waals surface area contributed by atoms with Crippen LogP contribution in [0, 0.1) is 0 Å². The minimum absolute atomic E-state index is 0.0456. The highest BCUT2D eigenvalue weighted by molar-refractivity contribution is 8.00. The predicted molar refractivity (Wildman–Crippen MR) is 78.3 cm³/mol. The molecule has 0 aromatic carbocycles. The first kappa shape index (κ1) is 14.4. The molecule has 1 aromatic rings. The molecule has 4 nitrogen and oxygen atoms in total. The monoisotopic (exact) mass is 299 g/mol. The van der Waals surface area contributed by atoms with Crippen molar-refractivity contribution in [3.05, 3.63) is 21.9 Å². The molecule has 1 aromatic heterocycles. The molecule has 2 rings (SSSR count). The first-order valence-corrected chi connectivity index (χ1v) is 7.96. The zero-order valence-electron chi connectivity index (χ0n) is 11.0. The first-order valence-electron chi connectivity index (χ1n) is 6.15. The van der Waals surface area contributed by atoms with Crippen LogP contribution in [0.15, 0.2) is 12.1 Å². The normalized spacial score (nSPS) is 18.9. The molecule has 1 N–H and O–H groups in total. The van der Waals surface area contributed by atoms with E-state index < -0.39 is 5.97 Å². The van der Waals surface area contributed by atoms with Crippen LogP contribution >= 0.6 is 23.1 Å². The fourth-order valence-electron chi connectivity index (χ4n) is 1.95. The van der Waals surface area contributed by atoms with Crippen LogP contribution in [0.5, 0.6) is 0 Å². The summed E-state index contributed by atoms with van der Waals surface area (Å²) in [5.41, 5.74) is 0. The molecule has 1 aliphatic heterocycles. The number of hydrogen-bond acceptors (Lipinski definition) is 4. The third-order valence-corrected chi connectivity index (χ3v) is 5.59. The number of nitrogens with zero attached hydrogens (tertiary/aromatic N) is 1. The molecule has 0 bridgehead atoms. The molecule has 1 aliphatic rings. The molecule has 6 heteroatoms. The van der Waals surface area contributed by atoms with Crippen molar-refractivity contribution < 1.29 is 14.7 Å². The third kappa shape index (κ3) is 3.51. The maximum absolute atomic E-state index is 12.3. The molecule has 19 heavy (non-hydrogen) atoms. The van der Waals surface area contributed by atoms with Crippen molar-refractivity contribution in [2.45, 2.75) is 25.0 Å². The molecular weight excluding hydrogens is 282 g/mol. The van der Waals surface area contributed by atoms with Crippen LogP contribution in [0.1, 0.15) is 39.6 Å². The van der Waals surface area contributed by atoms with Gasteiger partial charge in [0.25, 0.3) is 5.91 Å². The van der Waals surface area contributed by atoms with E-state index in [0.29, 0.717) is 4.88 Å². The Labute approximate surface area is 120 Å². The summed E-state index contributed by atoms with van der Waals surface area (Å²) in [7, 11) is 0. The largest absolute Gasteiger partial charge is 0.477 e. The van der Waals surface area contributed by atoms with Gasteiger partial charge < -0.3 is 10.0 Å². The number of thioether (sulfide) groups is 1. The average Bonchev–Trinajstić information content (AvgIpc) is 2.75. The Morgan fingerprint density at radius 1 is 1.26 bits per heavy atom. The van der Waals surface area contributed by atoms with Crippen LogP contribution in [0.3, 0.4) is 0 Å². The maximum Gasteiger partial charge on any atom is 0.345 e. The summed E-state index contributed by atoms with van der Waals surface area (Å²) >= 11 is 2.93. The topological polar surface area (TPSA) is 57.6 Å². The van der Waals surface area contributed by atoms with Crippen molar-refractivity contribution in [1.29, 1.82) is 0 Å². The number of thiophene rings is 1. The lowest BCUT2D eigenvalue weighted by molar-refractivity contribution is 0.0701. The van der Waals surface area contributed by atoms with Gasteiger partial charge in [-0.3, -0.25) is 4.79 Å². The van der Waals surface area contributed by atoms with Gasteiger partial charge in [0.05, 0.1) is 4.88 Å². The van der Waals surface area contributed by atoms with E-state index in [1.807, 2.05) is 16.7 Å². The summed E-state index contributed by atoms with van der Waals surface area (Å²) in [4.78, 5) is 25.7. The fourth-order valence-corrected chi connectivity index (χ4v) is 3.86. The van der Waals surface area contributed by atoms with E-state index in [0.717, 1.165) is 36.6 Å². The highest BCUT2D eigenvalue weighted by atomic mass is 32.2. The van der Waals surface area contributed by atoms with Gasteiger partial charge in [0.1, 0.15) is 4.88 Å². The molecule has 104 valence electrons. The third-order valence-electron chi connectivity index (χ3n) is 3.15. The van der Waals surface area contributed by atoms with E-state index in [-0.39, 0.29) is 15.5 Å². The van der Waals surface area contributed by atoms with Crippen LogP contribution in [-0.4, -0.2) is 45.5 Å². The van der Waals surface area contributed by atoms with E-state index >= 15 is 0 Å². The Balaban J connectivity index is 2.08. The summed E-state index contributed by atoms with van der Waals surface area (Å²) in [6.07, 6.45) is 0.959. The average molecular weight is 299 g/mol. The Hall–Kier alpha value is -1.01. The predicted octanol–water partition coefficient (Wildman–Crippen LogP) is 2.80. The maximum atomic E-state index is 12.3. The minimum atomic E-state index is -0.975. The number of rotatable bonds is 2. The lowest BCUT2D eigenvalue weighted by Gasteiger charge is -2.22. The molecule has 0 radical (unpaired) electrons. The van der Waals surface area contributed by atoms with E-state index in [9.17, 15) is 9.59 Å². The van der Waals surface area contributed by atoms with E-state index in [1.165, 1.54) is 6.07 Å². The summed E-state index contributed by atoms with van der Waals surface area (Å²) < 4.78 is 0.205. The molecule has 1 amide bonds. The number of carbonyl (C=O) groups excluding carboxylic acids is 1.